The highest BCUT2D eigenvalue weighted by molar-refractivity contribution is 6.05. The fraction of sp³-hybridized carbons (Fsp3) is 0.200. The van der Waals surface area contributed by atoms with Crippen LogP contribution in [0.15, 0.2) is 46.3 Å². The van der Waals surface area contributed by atoms with Crippen molar-refractivity contribution in [1.29, 1.82) is 0 Å². The number of aryl methyl sites for hydroxylation is 1. The number of carbonyl (C=O) groups excluding carboxylic acids is 1. The van der Waals surface area contributed by atoms with Crippen molar-refractivity contribution in [2.24, 2.45) is 12.1 Å². The van der Waals surface area contributed by atoms with Crippen LogP contribution < -0.4 is 25.2 Å². The molecule has 150 valence electrons. The summed E-state index contributed by atoms with van der Waals surface area (Å²) >= 11 is 0. The molecule has 1 heterocycles. The van der Waals surface area contributed by atoms with E-state index in [9.17, 15) is 9.59 Å². The Bertz CT molecular complexity index is 1150. The summed E-state index contributed by atoms with van der Waals surface area (Å²) in [6, 6.07) is 10.1. The quantitative estimate of drug-likeness (QED) is 0.503. The number of rotatable bonds is 6. The van der Waals surface area contributed by atoms with Crippen LogP contribution in [-0.4, -0.2) is 43.2 Å². The predicted molar refractivity (Wildman–Crippen MR) is 108 cm³/mol. The van der Waals surface area contributed by atoms with E-state index in [4.69, 9.17) is 14.2 Å². The molecule has 0 radical (unpaired) electrons. The molecule has 0 aliphatic rings. The Morgan fingerprint density at radius 1 is 1.03 bits per heavy atom. The van der Waals surface area contributed by atoms with E-state index in [0.29, 0.717) is 33.6 Å². The zero-order chi connectivity index (χ0) is 21.0. The molecule has 9 heteroatoms. The van der Waals surface area contributed by atoms with Crippen LogP contribution in [0.1, 0.15) is 16.1 Å². The van der Waals surface area contributed by atoms with Gasteiger partial charge in [0.25, 0.3) is 11.5 Å². The van der Waals surface area contributed by atoms with Gasteiger partial charge in [-0.25, -0.2) is 10.1 Å². The third kappa shape index (κ3) is 3.88. The van der Waals surface area contributed by atoms with Crippen molar-refractivity contribution < 1.29 is 19.0 Å². The maximum absolute atomic E-state index is 12.6. The average Bonchev–Trinajstić information content (AvgIpc) is 2.75. The van der Waals surface area contributed by atoms with Gasteiger partial charge in [-0.1, -0.05) is 18.2 Å². The molecule has 9 nitrogen and oxygen atoms in total. The van der Waals surface area contributed by atoms with Crippen molar-refractivity contribution >= 4 is 22.9 Å². The molecule has 0 unspecified atom stereocenters. The molecule has 3 aromatic rings. The molecular formula is C20H20N4O5. The Morgan fingerprint density at radius 3 is 2.31 bits per heavy atom. The molecular weight excluding hydrogens is 376 g/mol. The number of carbonyl (C=O) groups is 1. The Labute approximate surface area is 166 Å². The van der Waals surface area contributed by atoms with Crippen molar-refractivity contribution in [3.8, 4) is 17.2 Å². The topological polar surface area (TPSA) is 104 Å². The first-order valence-electron chi connectivity index (χ1n) is 8.59. The molecule has 3 rings (SSSR count). The van der Waals surface area contributed by atoms with Crippen LogP contribution >= 0.6 is 0 Å². The third-order valence-electron chi connectivity index (χ3n) is 4.28. The lowest BCUT2D eigenvalue weighted by atomic mass is 10.1. The fourth-order valence-electron chi connectivity index (χ4n) is 2.83. The van der Waals surface area contributed by atoms with Crippen LogP contribution in [-0.2, 0) is 7.05 Å². The van der Waals surface area contributed by atoms with Gasteiger partial charge >= 0.3 is 0 Å². The highest BCUT2D eigenvalue weighted by Crippen LogP contribution is 2.33. The van der Waals surface area contributed by atoms with E-state index in [0.717, 1.165) is 4.68 Å². The normalized spacial score (nSPS) is 10.9. The number of hydrogen-bond donors (Lipinski definition) is 1. The number of hydrazone groups is 1. The van der Waals surface area contributed by atoms with Gasteiger partial charge in [0.1, 0.15) is 5.75 Å². The molecule has 1 amide bonds. The minimum atomic E-state index is -0.549. The van der Waals surface area contributed by atoms with E-state index in [1.54, 1.807) is 36.4 Å². The third-order valence-corrected chi connectivity index (χ3v) is 4.28. The standard InChI is InChI=1S/C20H20N4O5/c1-24-20(26)14-8-6-5-7-13(14)18(23-24)19(25)22-21-11-12-9-16(28-3)17(29-4)10-15(12)27-2/h5-11H,1-4H3,(H,22,25)/b21-11-. The number of nitrogens with one attached hydrogen (secondary N) is 1. The second kappa shape index (κ2) is 8.42. The summed E-state index contributed by atoms with van der Waals surface area (Å²) in [7, 11) is 6.04. The van der Waals surface area contributed by atoms with Gasteiger partial charge in [0.2, 0.25) is 0 Å². The minimum Gasteiger partial charge on any atom is -0.496 e. The molecule has 0 aliphatic heterocycles. The van der Waals surface area contributed by atoms with Crippen molar-refractivity contribution in [2.75, 3.05) is 21.3 Å². The number of methoxy groups -OCH3 is 3. The number of fused-ring (bicyclic) bond motifs is 1. The van der Waals surface area contributed by atoms with E-state index >= 15 is 0 Å². The van der Waals surface area contributed by atoms with Gasteiger partial charge in [-0.3, -0.25) is 9.59 Å². The zero-order valence-electron chi connectivity index (χ0n) is 16.4. The Morgan fingerprint density at radius 2 is 1.66 bits per heavy atom. The second-order valence-electron chi connectivity index (χ2n) is 5.97. The number of amides is 1. The van der Waals surface area contributed by atoms with Crippen LogP contribution in [0.25, 0.3) is 10.8 Å². The molecule has 0 spiro atoms. The van der Waals surface area contributed by atoms with Gasteiger partial charge in [-0.05, 0) is 12.1 Å². The fourth-order valence-corrected chi connectivity index (χ4v) is 2.83. The summed E-state index contributed by atoms with van der Waals surface area (Å²) in [5, 5.41) is 8.91. The summed E-state index contributed by atoms with van der Waals surface area (Å²) in [6.07, 6.45) is 1.42. The lowest BCUT2D eigenvalue weighted by molar-refractivity contribution is 0.0950. The molecule has 0 saturated carbocycles. The first-order valence-corrected chi connectivity index (χ1v) is 8.59. The summed E-state index contributed by atoms with van der Waals surface area (Å²) < 4.78 is 17.0. The first kappa shape index (κ1) is 19.9. The summed E-state index contributed by atoms with van der Waals surface area (Å²) in [6.45, 7) is 0. The lowest BCUT2D eigenvalue weighted by Gasteiger charge is -2.11. The molecule has 1 aromatic heterocycles. The summed E-state index contributed by atoms with van der Waals surface area (Å²) in [5.74, 6) is 0.942. The van der Waals surface area contributed by atoms with Crippen LogP contribution in [0.2, 0.25) is 0 Å². The van der Waals surface area contributed by atoms with Gasteiger partial charge in [-0.15, -0.1) is 0 Å². The van der Waals surface area contributed by atoms with Gasteiger partial charge in [0.05, 0.1) is 32.9 Å². The molecule has 1 N–H and O–H groups in total. The van der Waals surface area contributed by atoms with Crippen LogP contribution in [0.5, 0.6) is 17.2 Å². The monoisotopic (exact) mass is 396 g/mol. The molecule has 0 bridgehead atoms. The van der Waals surface area contributed by atoms with Crippen LogP contribution in [0.4, 0.5) is 0 Å². The first-order chi connectivity index (χ1) is 14.0. The number of benzene rings is 2. The summed E-state index contributed by atoms with van der Waals surface area (Å²) in [5.41, 5.74) is 2.82. The number of nitrogens with zero attached hydrogens (tertiary/aromatic N) is 3. The molecule has 0 aliphatic carbocycles. The Kier molecular flexibility index (Phi) is 5.77. The van der Waals surface area contributed by atoms with Gasteiger partial charge in [0, 0.05) is 24.1 Å². The van der Waals surface area contributed by atoms with Gasteiger partial charge in [-0.2, -0.15) is 10.2 Å². The van der Waals surface area contributed by atoms with Gasteiger partial charge < -0.3 is 14.2 Å². The van der Waals surface area contributed by atoms with E-state index in [1.165, 1.54) is 34.6 Å². The SMILES string of the molecule is COc1cc(OC)c(OC)cc1/C=N\NC(=O)c1nn(C)c(=O)c2ccccc12. The highest BCUT2D eigenvalue weighted by atomic mass is 16.5. The van der Waals surface area contributed by atoms with Crippen molar-refractivity contribution in [3.63, 3.8) is 0 Å². The van der Waals surface area contributed by atoms with E-state index in [2.05, 4.69) is 15.6 Å². The molecule has 2 aromatic carbocycles. The maximum Gasteiger partial charge on any atom is 0.292 e. The molecule has 29 heavy (non-hydrogen) atoms. The Balaban J connectivity index is 1.90. The van der Waals surface area contributed by atoms with Crippen molar-refractivity contribution in [1.82, 2.24) is 15.2 Å². The Hall–Kier alpha value is -3.88. The van der Waals surface area contributed by atoms with E-state index in [-0.39, 0.29) is 11.3 Å². The number of ether oxygens (including phenoxy) is 3. The molecule has 0 fully saturated rings. The molecule has 0 atom stereocenters. The average molecular weight is 396 g/mol. The number of hydrogen-bond acceptors (Lipinski definition) is 7. The van der Waals surface area contributed by atoms with Crippen LogP contribution in [0, 0.1) is 0 Å². The maximum atomic E-state index is 12.6. The lowest BCUT2D eigenvalue weighted by Crippen LogP contribution is -2.27. The largest absolute Gasteiger partial charge is 0.496 e. The summed E-state index contributed by atoms with van der Waals surface area (Å²) in [4.78, 5) is 24.8. The highest BCUT2D eigenvalue weighted by Gasteiger charge is 2.15. The predicted octanol–water partition coefficient (Wildman–Crippen LogP) is 1.72. The van der Waals surface area contributed by atoms with E-state index < -0.39 is 5.91 Å². The zero-order valence-corrected chi connectivity index (χ0v) is 16.4. The van der Waals surface area contributed by atoms with Gasteiger partial charge in [0.15, 0.2) is 17.2 Å². The molecule has 0 saturated heterocycles. The minimum absolute atomic E-state index is 0.0964. The van der Waals surface area contributed by atoms with E-state index in [1.807, 2.05) is 0 Å². The van der Waals surface area contributed by atoms with Crippen LogP contribution in [0.3, 0.4) is 0 Å². The smallest absolute Gasteiger partial charge is 0.292 e. The second-order valence-corrected chi connectivity index (χ2v) is 5.97. The van der Waals surface area contributed by atoms with Crippen molar-refractivity contribution in [2.45, 2.75) is 0 Å². The van der Waals surface area contributed by atoms with Crippen molar-refractivity contribution in [3.05, 3.63) is 58.0 Å². The number of aromatic nitrogens is 2.